The first-order valence-corrected chi connectivity index (χ1v) is 10.3. The van der Waals surface area contributed by atoms with Crippen molar-refractivity contribution in [1.82, 2.24) is 0 Å². The summed E-state index contributed by atoms with van der Waals surface area (Å²) in [7, 11) is 0. The number of rotatable bonds is 0. The zero-order valence-electron chi connectivity index (χ0n) is 19.6. The van der Waals surface area contributed by atoms with Gasteiger partial charge >= 0.3 is 0 Å². The van der Waals surface area contributed by atoms with Gasteiger partial charge in [-0.25, -0.2) is 0 Å². The van der Waals surface area contributed by atoms with Gasteiger partial charge in [-0.05, 0) is 89.1 Å². The van der Waals surface area contributed by atoms with E-state index in [1.807, 2.05) is 12.1 Å². The Hall–Kier alpha value is -3.14. The van der Waals surface area contributed by atoms with Crippen LogP contribution in [0.4, 0.5) is 0 Å². The number of phenolic OH excluding ortho intramolecular Hbond substituents is 2. The second kappa shape index (κ2) is 16.5. The fourth-order valence-electron chi connectivity index (χ4n) is 2.50. The fourth-order valence-corrected chi connectivity index (χ4v) is 2.50. The summed E-state index contributed by atoms with van der Waals surface area (Å²) in [6.07, 6.45) is 11.1. The molecule has 0 spiro atoms. The summed E-state index contributed by atoms with van der Waals surface area (Å²) in [5.41, 5.74) is 7.04. The molecule has 0 bridgehead atoms. The minimum absolute atomic E-state index is 0. The molecule has 33 heavy (non-hydrogen) atoms. The van der Waals surface area contributed by atoms with Gasteiger partial charge in [-0.3, -0.25) is 0 Å². The summed E-state index contributed by atoms with van der Waals surface area (Å²) >= 11 is 0. The third-order valence-corrected chi connectivity index (χ3v) is 4.92. The summed E-state index contributed by atoms with van der Waals surface area (Å²) in [5, 5.41) is 34.1. The van der Waals surface area contributed by atoms with Crippen LogP contribution in [0.3, 0.4) is 0 Å². The summed E-state index contributed by atoms with van der Waals surface area (Å²) in [6.45, 7) is 8.66. The van der Waals surface area contributed by atoms with Gasteiger partial charge in [-0.2, -0.15) is 10.5 Å². The molecule has 4 nitrogen and oxygen atoms in total. The van der Waals surface area contributed by atoms with Crippen LogP contribution in [0.2, 0.25) is 0 Å². The molecule has 0 saturated carbocycles. The van der Waals surface area contributed by atoms with E-state index >= 15 is 0 Å². The Balaban J connectivity index is 0.000000412. The molecule has 0 aromatic heterocycles. The van der Waals surface area contributed by atoms with Crippen LogP contribution < -0.4 is 0 Å². The van der Waals surface area contributed by atoms with Crippen molar-refractivity contribution in [1.29, 1.82) is 10.5 Å². The Bertz CT molecular complexity index is 989. The first-order chi connectivity index (χ1) is 15.3. The van der Waals surface area contributed by atoms with Crippen LogP contribution in [-0.4, -0.2) is 10.2 Å². The van der Waals surface area contributed by atoms with Crippen LogP contribution in [0.25, 0.3) is 0 Å². The molecule has 168 valence electrons. The molecule has 0 aliphatic heterocycles. The van der Waals surface area contributed by atoms with Crippen molar-refractivity contribution in [3.8, 4) is 23.6 Å². The van der Waals surface area contributed by atoms with Crippen molar-refractivity contribution in [3.63, 3.8) is 0 Å². The number of aromatic hydroxyl groups is 2. The molecule has 2 N–H and O–H groups in total. The molecule has 0 fully saturated rings. The molecule has 0 atom stereocenters. The molecule has 2 aromatic carbocycles. The van der Waals surface area contributed by atoms with Crippen LogP contribution in [0, 0.1) is 22.7 Å². The van der Waals surface area contributed by atoms with Crippen molar-refractivity contribution < 1.29 is 36.4 Å². The van der Waals surface area contributed by atoms with Gasteiger partial charge < -0.3 is 10.2 Å². The van der Waals surface area contributed by atoms with Crippen molar-refractivity contribution in [2.75, 3.05) is 0 Å². The van der Waals surface area contributed by atoms with E-state index in [1.165, 1.54) is 59.4 Å². The molecule has 0 radical (unpaired) electrons. The third-order valence-electron chi connectivity index (χ3n) is 4.92. The average molecular weight is 518 g/mol. The van der Waals surface area contributed by atoms with Gasteiger partial charge in [0, 0.05) is 26.2 Å². The van der Waals surface area contributed by atoms with E-state index in [1.54, 1.807) is 24.3 Å². The van der Waals surface area contributed by atoms with Crippen molar-refractivity contribution in [2.24, 2.45) is 0 Å². The van der Waals surface area contributed by atoms with Crippen molar-refractivity contribution in [2.45, 2.75) is 40.5 Å². The van der Waals surface area contributed by atoms with E-state index in [0.29, 0.717) is 11.1 Å². The Labute approximate surface area is 216 Å². The van der Waals surface area contributed by atoms with Crippen molar-refractivity contribution >= 4 is 0 Å². The Morgan fingerprint density at radius 1 is 0.606 bits per heavy atom. The normalized spacial score (nSPS) is 12.7. The van der Waals surface area contributed by atoms with Crippen LogP contribution in [0.1, 0.15) is 51.7 Å². The smallest absolute Gasteiger partial charge is 0.115 e. The van der Waals surface area contributed by atoms with Gasteiger partial charge in [-0.15, -0.1) is 0 Å². The molecule has 0 saturated heterocycles. The van der Waals surface area contributed by atoms with E-state index in [-0.39, 0.29) is 37.7 Å². The van der Waals surface area contributed by atoms with Gasteiger partial charge in [-0.1, -0.05) is 46.6 Å². The molecule has 4 rings (SSSR count). The molecular weight excluding hydrogens is 488 g/mol. The van der Waals surface area contributed by atoms with Gasteiger partial charge in [0.05, 0.1) is 23.3 Å². The first kappa shape index (κ1) is 29.9. The molecule has 0 heterocycles. The summed E-state index contributed by atoms with van der Waals surface area (Å²) in [6, 6.07) is 16.1. The zero-order chi connectivity index (χ0) is 23.9. The average Bonchev–Trinajstić information content (AvgIpc) is 3.37. The SMILES string of the molecule is CC1=C(C)CC=C1.CC1=C(C)CC=C1.N#Cc1ccc(O)cc1.N#Cc1ccc(O)cc1.[Zr]. The molecule has 2 aliphatic carbocycles. The predicted molar refractivity (Wildman–Crippen MR) is 130 cm³/mol. The van der Waals surface area contributed by atoms with Crippen LogP contribution in [0.5, 0.6) is 11.5 Å². The molecule has 0 amide bonds. The molecule has 5 heteroatoms. The Kier molecular flexibility index (Phi) is 14.9. The topological polar surface area (TPSA) is 88.0 Å². The maximum absolute atomic E-state index is 8.74. The van der Waals surface area contributed by atoms with E-state index in [0.717, 1.165) is 0 Å². The van der Waals surface area contributed by atoms with E-state index < -0.39 is 0 Å². The van der Waals surface area contributed by atoms with Gasteiger partial charge in [0.25, 0.3) is 0 Å². The predicted octanol–water partition coefficient (Wildman–Crippen LogP) is 7.09. The molecular formula is C28H30N2O2Zr. The zero-order valence-corrected chi connectivity index (χ0v) is 22.1. The molecule has 0 unspecified atom stereocenters. The number of hydrogen-bond acceptors (Lipinski definition) is 4. The molecule has 2 aromatic rings. The maximum atomic E-state index is 8.74. The number of nitriles is 2. The largest absolute Gasteiger partial charge is 0.508 e. The minimum atomic E-state index is 0. The Morgan fingerprint density at radius 2 is 0.909 bits per heavy atom. The third kappa shape index (κ3) is 12.5. The number of hydrogen-bond donors (Lipinski definition) is 2. The van der Waals surface area contributed by atoms with Crippen LogP contribution in [0.15, 0.2) is 95.1 Å². The van der Waals surface area contributed by atoms with E-state index in [2.05, 4.69) is 52.0 Å². The van der Waals surface area contributed by atoms with E-state index in [4.69, 9.17) is 20.7 Å². The van der Waals surface area contributed by atoms with Gasteiger partial charge in [0.1, 0.15) is 11.5 Å². The summed E-state index contributed by atoms with van der Waals surface area (Å²) in [4.78, 5) is 0. The van der Waals surface area contributed by atoms with Crippen LogP contribution in [-0.2, 0) is 26.2 Å². The number of phenols is 2. The summed E-state index contributed by atoms with van der Waals surface area (Å²) in [5.74, 6) is 0.378. The van der Waals surface area contributed by atoms with Crippen molar-refractivity contribution in [3.05, 3.63) is 106 Å². The standard InChI is InChI=1S/2C7H5NO.2C7H10.Zr/c2*8-5-6-1-3-7(9)4-2-6;2*1-6-4-3-5-7(6)2;/h2*1-4,9H;2*3-4H,5H2,1-2H3;. The fraction of sp³-hybridized carbons (Fsp3) is 0.214. The number of benzene rings is 2. The quantitative estimate of drug-likeness (QED) is 0.390. The monoisotopic (exact) mass is 516 g/mol. The molecule has 2 aliphatic rings. The first-order valence-electron chi connectivity index (χ1n) is 10.3. The number of allylic oxidation sites excluding steroid dienone is 8. The second-order valence-corrected chi connectivity index (χ2v) is 7.46. The van der Waals surface area contributed by atoms with Gasteiger partial charge in [0.2, 0.25) is 0 Å². The van der Waals surface area contributed by atoms with Crippen LogP contribution >= 0.6 is 0 Å². The minimum Gasteiger partial charge on any atom is -0.508 e. The van der Waals surface area contributed by atoms with E-state index in [9.17, 15) is 0 Å². The second-order valence-electron chi connectivity index (χ2n) is 7.46. The Morgan fingerprint density at radius 3 is 1.06 bits per heavy atom. The van der Waals surface area contributed by atoms with Gasteiger partial charge in [0.15, 0.2) is 0 Å². The number of nitrogens with zero attached hydrogens (tertiary/aromatic N) is 2. The summed E-state index contributed by atoms with van der Waals surface area (Å²) < 4.78 is 0. The maximum Gasteiger partial charge on any atom is 0.115 e.